The van der Waals surface area contributed by atoms with Crippen LogP contribution in [0, 0.1) is 0 Å². The number of amides is 2. The average molecular weight is 658 g/mol. The van der Waals surface area contributed by atoms with E-state index in [1.807, 2.05) is 30.3 Å². The maximum Gasteiger partial charge on any atom is 0.262 e. The van der Waals surface area contributed by atoms with E-state index in [2.05, 4.69) is 47.7 Å². The van der Waals surface area contributed by atoms with Crippen molar-refractivity contribution >= 4 is 73.1 Å². The average Bonchev–Trinajstić information content (AvgIpc) is 2.84. The van der Waals surface area contributed by atoms with Crippen molar-refractivity contribution in [2.24, 2.45) is 5.10 Å². The number of benzene rings is 3. The number of aromatic hydroxyl groups is 1. The minimum atomic E-state index is -0.940. The highest BCUT2D eigenvalue weighted by Crippen LogP contribution is 2.32. The van der Waals surface area contributed by atoms with Gasteiger partial charge in [0.05, 0.1) is 20.2 Å². The van der Waals surface area contributed by atoms with Gasteiger partial charge in [0.1, 0.15) is 17.5 Å². The molecule has 0 unspecified atom stereocenters. The van der Waals surface area contributed by atoms with Crippen LogP contribution in [0.3, 0.4) is 0 Å². The van der Waals surface area contributed by atoms with Crippen molar-refractivity contribution in [3.05, 3.63) is 90.8 Å². The summed E-state index contributed by atoms with van der Waals surface area (Å²) < 4.78 is 6.60. The van der Waals surface area contributed by atoms with E-state index in [-0.39, 0.29) is 17.2 Å². The van der Waals surface area contributed by atoms with Gasteiger partial charge in [-0.25, -0.2) is 5.43 Å². The summed E-state index contributed by atoms with van der Waals surface area (Å²) in [5.74, 6) is -0.675. The number of ether oxygens (including phenoxy) is 1. The lowest BCUT2D eigenvalue weighted by atomic mass is 10.1. The van der Waals surface area contributed by atoms with E-state index < -0.39 is 24.0 Å². The lowest BCUT2D eigenvalue weighted by molar-refractivity contribution is -0.132. The lowest BCUT2D eigenvalue weighted by Gasteiger charge is -2.21. The molecule has 0 spiro atoms. The van der Waals surface area contributed by atoms with Crippen LogP contribution in [0.25, 0.3) is 0 Å². The Labute approximate surface area is 235 Å². The van der Waals surface area contributed by atoms with Gasteiger partial charge in [-0.3, -0.25) is 9.59 Å². The Morgan fingerprint density at radius 1 is 1.06 bits per heavy atom. The molecule has 0 fully saturated rings. The van der Waals surface area contributed by atoms with Crippen molar-refractivity contribution in [3.63, 3.8) is 0 Å². The number of rotatable bonds is 9. The van der Waals surface area contributed by atoms with Crippen molar-refractivity contribution < 1.29 is 19.4 Å². The predicted octanol–water partition coefficient (Wildman–Crippen LogP) is 5.87. The van der Waals surface area contributed by atoms with Crippen molar-refractivity contribution in [1.82, 2.24) is 10.7 Å². The molecule has 0 heterocycles. The standard InChI is InChI=1S/C25H21Br2Cl2N3O4/c1-14(36-22-8-7-17(28)12-20(22)29)24(34)31-21(11-15-5-3-2-4-6-15)25(35)32-30-13-16-9-18(26)23(33)19(27)10-16/h2-10,12-14,21,33H,11H2,1H3,(H,31,34)(H,32,35)/b30-13-/t14-,21-/m0/s1. The van der Waals surface area contributed by atoms with Crippen LogP contribution in [0.1, 0.15) is 18.1 Å². The third-order valence-electron chi connectivity index (χ3n) is 4.91. The molecule has 3 rings (SSSR count). The van der Waals surface area contributed by atoms with Crippen molar-refractivity contribution in [3.8, 4) is 11.5 Å². The van der Waals surface area contributed by atoms with E-state index >= 15 is 0 Å². The van der Waals surface area contributed by atoms with Gasteiger partial charge in [0.2, 0.25) is 0 Å². The molecule has 2 amide bonds. The highest BCUT2D eigenvalue weighted by Gasteiger charge is 2.25. The van der Waals surface area contributed by atoms with Crippen LogP contribution in [-0.2, 0) is 16.0 Å². The van der Waals surface area contributed by atoms with Crippen molar-refractivity contribution in [2.75, 3.05) is 0 Å². The van der Waals surface area contributed by atoms with Gasteiger partial charge in [-0.05, 0) is 80.2 Å². The summed E-state index contributed by atoms with van der Waals surface area (Å²) in [5.41, 5.74) is 3.93. The monoisotopic (exact) mass is 655 g/mol. The highest BCUT2D eigenvalue weighted by atomic mass is 79.9. The Bertz CT molecular complexity index is 1250. The largest absolute Gasteiger partial charge is 0.506 e. The van der Waals surface area contributed by atoms with E-state index in [1.165, 1.54) is 12.3 Å². The Hall–Kier alpha value is -2.59. The zero-order valence-corrected chi connectivity index (χ0v) is 23.5. The molecule has 7 nitrogen and oxygen atoms in total. The van der Waals surface area contributed by atoms with Gasteiger partial charge in [0.15, 0.2) is 6.10 Å². The van der Waals surface area contributed by atoms with Crippen LogP contribution >= 0.6 is 55.1 Å². The topological polar surface area (TPSA) is 100 Å². The number of hydrogen-bond acceptors (Lipinski definition) is 5. The van der Waals surface area contributed by atoms with Gasteiger partial charge in [-0.1, -0.05) is 53.5 Å². The summed E-state index contributed by atoms with van der Waals surface area (Å²) in [6, 6.07) is 16.3. The minimum Gasteiger partial charge on any atom is -0.506 e. The molecule has 3 aromatic rings. The van der Waals surface area contributed by atoms with Crippen LogP contribution in [0.4, 0.5) is 0 Å². The number of nitrogens with one attached hydrogen (secondary N) is 2. The van der Waals surface area contributed by atoms with Gasteiger partial charge in [0, 0.05) is 11.4 Å². The summed E-state index contributed by atoms with van der Waals surface area (Å²) in [7, 11) is 0. The molecular formula is C25H21Br2Cl2N3O4. The number of nitrogens with zero attached hydrogens (tertiary/aromatic N) is 1. The molecule has 0 aliphatic rings. The van der Waals surface area contributed by atoms with Crippen LogP contribution in [0.15, 0.2) is 74.7 Å². The Morgan fingerprint density at radius 2 is 1.72 bits per heavy atom. The number of phenols is 1. The number of phenolic OH excluding ortho intramolecular Hbond substituents is 1. The summed E-state index contributed by atoms with van der Waals surface area (Å²) in [6.07, 6.45) is 0.714. The quantitative estimate of drug-likeness (QED) is 0.198. The Morgan fingerprint density at radius 3 is 2.36 bits per heavy atom. The second-order valence-corrected chi connectivity index (χ2v) is 10.2. The first-order valence-corrected chi connectivity index (χ1v) is 12.9. The molecule has 0 aliphatic heterocycles. The Balaban J connectivity index is 1.71. The molecule has 188 valence electrons. The normalized spacial score (nSPS) is 12.7. The van der Waals surface area contributed by atoms with Crippen molar-refractivity contribution in [2.45, 2.75) is 25.5 Å². The third-order valence-corrected chi connectivity index (χ3v) is 6.65. The molecular weight excluding hydrogens is 637 g/mol. The highest BCUT2D eigenvalue weighted by molar-refractivity contribution is 9.11. The first-order chi connectivity index (χ1) is 17.1. The van der Waals surface area contributed by atoms with Gasteiger partial charge < -0.3 is 15.2 Å². The zero-order valence-electron chi connectivity index (χ0n) is 18.8. The molecule has 36 heavy (non-hydrogen) atoms. The smallest absolute Gasteiger partial charge is 0.262 e. The van der Waals surface area contributed by atoms with E-state index in [1.54, 1.807) is 31.2 Å². The van der Waals surface area contributed by atoms with Crippen LogP contribution in [0.2, 0.25) is 10.0 Å². The molecule has 2 atom stereocenters. The second kappa shape index (κ2) is 13.1. The fourth-order valence-corrected chi connectivity index (χ4v) is 4.75. The SMILES string of the molecule is C[C@H](Oc1ccc(Cl)cc1Cl)C(=O)N[C@@H](Cc1ccccc1)C(=O)N/N=C\c1cc(Br)c(O)c(Br)c1. The first kappa shape index (κ1) is 28.0. The lowest BCUT2D eigenvalue weighted by Crippen LogP contribution is -2.50. The molecule has 0 bridgehead atoms. The fourth-order valence-electron chi connectivity index (χ4n) is 3.07. The molecule has 3 aromatic carbocycles. The van der Waals surface area contributed by atoms with Crippen molar-refractivity contribution in [1.29, 1.82) is 0 Å². The fraction of sp³-hybridized carbons (Fsp3) is 0.160. The maximum absolute atomic E-state index is 13.0. The number of halogens is 4. The molecule has 0 saturated heterocycles. The van der Waals surface area contributed by atoms with Crippen LogP contribution in [0.5, 0.6) is 11.5 Å². The summed E-state index contributed by atoms with van der Waals surface area (Å²) in [5, 5.41) is 17.3. The molecule has 0 aliphatic carbocycles. The minimum absolute atomic E-state index is 0.0537. The van der Waals surface area contributed by atoms with Gasteiger partial charge in [-0.2, -0.15) is 5.10 Å². The molecule has 0 radical (unpaired) electrons. The molecule has 3 N–H and O–H groups in total. The molecule has 0 saturated carbocycles. The van der Waals surface area contributed by atoms with Crippen LogP contribution in [-0.4, -0.2) is 35.3 Å². The third kappa shape index (κ3) is 7.96. The van der Waals surface area contributed by atoms with Gasteiger partial charge in [-0.15, -0.1) is 0 Å². The molecule has 0 aromatic heterocycles. The number of hydrazone groups is 1. The van der Waals surface area contributed by atoms with E-state index in [0.29, 0.717) is 25.3 Å². The van der Waals surface area contributed by atoms with Gasteiger partial charge in [0.25, 0.3) is 11.8 Å². The summed E-state index contributed by atoms with van der Waals surface area (Å²) in [6.45, 7) is 1.55. The summed E-state index contributed by atoms with van der Waals surface area (Å²) in [4.78, 5) is 25.8. The number of hydrogen-bond donors (Lipinski definition) is 3. The van der Waals surface area contributed by atoms with E-state index in [4.69, 9.17) is 27.9 Å². The van der Waals surface area contributed by atoms with E-state index in [0.717, 1.165) is 5.56 Å². The maximum atomic E-state index is 13.0. The summed E-state index contributed by atoms with van der Waals surface area (Å²) >= 11 is 18.5. The number of carbonyl (C=O) groups excluding carboxylic acids is 2. The van der Waals surface area contributed by atoms with Crippen LogP contribution < -0.4 is 15.5 Å². The number of carbonyl (C=O) groups is 2. The first-order valence-electron chi connectivity index (χ1n) is 10.6. The Kier molecular flexibility index (Phi) is 10.2. The van der Waals surface area contributed by atoms with Gasteiger partial charge >= 0.3 is 0 Å². The second-order valence-electron chi connectivity index (χ2n) is 7.65. The molecule has 11 heteroatoms. The zero-order chi connectivity index (χ0) is 26.2. The predicted molar refractivity (Wildman–Crippen MR) is 148 cm³/mol. The van der Waals surface area contributed by atoms with E-state index in [9.17, 15) is 14.7 Å².